The molecular weight excluding hydrogens is 255 g/mol. The monoisotopic (exact) mass is 278 g/mol. The Kier molecular flexibility index (Phi) is 3.69. The van der Waals surface area contributed by atoms with Crippen LogP contribution in [-0.2, 0) is 0 Å². The summed E-state index contributed by atoms with van der Waals surface area (Å²) in [6, 6.07) is 4.82. The normalized spacial score (nSPS) is 31.4. The molecule has 3 rings (SSSR count). The molecule has 1 aromatic carbocycles. The highest BCUT2D eigenvalue weighted by atomic mass is 19.1. The fourth-order valence-electron chi connectivity index (χ4n) is 4.08. The summed E-state index contributed by atoms with van der Waals surface area (Å²) in [4.78, 5) is 2.45. The van der Waals surface area contributed by atoms with Gasteiger partial charge in [0.2, 0.25) is 0 Å². The molecule has 0 saturated carbocycles. The molecule has 2 heterocycles. The number of phenolic OH excluding ortho intramolecular Hbond substituents is 1. The summed E-state index contributed by atoms with van der Waals surface area (Å²) in [7, 11) is 0. The Morgan fingerprint density at radius 3 is 3.00 bits per heavy atom. The van der Waals surface area contributed by atoms with Crippen molar-refractivity contribution in [1.29, 1.82) is 0 Å². The molecule has 0 bridgehead atoms. The molecule has 3 nitrogen and oxygen atoms in total. The largest absolute Gasteiger partial charge is 0.508 e. The first kappa shape index (κ1) is 13.8. The third kappa shape index (κ3) is 2.21. The standard InChI is InChI=1S/C16H23FN2O/c1-3-15-14-8-18-7-11(14)9-19(15)10(2)13-6-12(17)4-5-16(13)20/h4-6,10-11,14-15,18,20H,3,7-9H2,1-2H3. The van der Waals surface area contributed by atoms with E-state index in [0.29, 0.717) is 23.4 Å². The van der Waals surface area contributed by atoms with E-state index >= 15 is 0 Å². The molecule has 20 heavy (non-hydrogen) atoms. The van der Waals surface area contributed by atoms with Gasteiger partial charge in [-0.25, -0.2) is 4.39 Å². The minimum absolute atomic E-state index is 0.0567. The van der Waals surface area contributed by atoms with Gasteiger partial charge in [0, 0.05) is 24.2 Å². The summed E-state index contributed by atoms with van der Waals surface area (Å²) in [6.07, 6.45) is 1.10. The number of benzene rings is 1. The van der Waals surface area contributed by atoms with Crippen molar-refractivity contribution in [3.05, 3.63) is 29.6 Å². The van der Waals surface area contributed by atoms with Gasteiger partial charge in [-0.3, -0.25) is 4.90 Å². The Balaban J connectivity index is 1.86. The van der Waals surface area contributed by atoms with Crippen LogP contribution in [0.25, 0.3) is 0 Å². The second-order valence-electron chi connectivity index (χ2n) is 6.13. The van der Waals surface area contributed by atoms with Gasteiger partial charge >= 0.3 is 0 Å². The Labute approximate surface area is 119 Å². The summed E-state index contributed by atoms with van der Waals surface area (Å²) in [5.41, 5.74) is 0.705. The maximum atomic E-state index is 13.5. The second kappa shape index (κ2) is 5.34. The van der Waals surface area contributed by atoms with Gasteiger partial charge in [-0.2, -0.15) is 0 Å². The number of halogens is 1. The van der Waals surface area contributed by atoms with Crippen molar-refractivity contribution in [3.8, 4) is 5.75 Å². The van der Waals surface area contributed by atoms with Gasteiger partial charge in [0.05, 0.1) is 0 Å². The van der Waals surface area contributed by atoms with Gasteiger partial charge in [0.15, 0.2) is 0 Å². The van der Waals surface area contributed by atoms with Gasteiger partial charge in [0.1, 0.15) is 11.6 Å². The fourth-order valence-corrected chi connectivity index (χ4v) is 4.08. The number of hydrogen-bond donors (Lipinski definition) is 2. The predicted molar refractivity (Wildman–Crippen MR) is 77.1 cm³/mol. The van der Waals surface area contributed by atoms with E-state index in [4.69, 9.17) is 0 Å². The molecule has 2 saturated heterocycles. The highest BCUT2D eigenvalue weighted by Gasteiger charge is 2.45. The number of fused-ring (bicyclic) bond motifs is 1. The molecular formula is C16H23FN2O. The minimum Gasteiger partial charge on any atom is -0.508 e. The van der Waals surface area contributed by atoms with E-state index in [1.165, 1.54) is 18.2 Å². The first-order valence-electron chi connectivity index (χ1n) is 7.56. The quantitative estimate of drug-likeness (QED) is 0.892. The summed E-state index contributed by atoms with van der Waals surface area (Å²) < 4.78 is 13.5. The molecule has 0 spiro atoms. The molecule has 4 atom stereocenters. The molecule has 0 radical (unpaired) electrons. The first-order valence-corrected chi connectivity index (χ1v) is 7.56. The number of aromatic hydroxyl groups is 1. The van der Waals surface area contributed by atoms with Crippen LogP contribution in [0.5, 0.6) is 5.75 Å². The molecule has 2 fully saturated rings. The van der Waals surface area contributed by atoms with Crippen LogP contribution in [0.4, 0.5) is 4.39 Å². The van der Waals surface area contributed by atoms with Gasteiger partial charge in [-0.05, 0) is 56.5 Å². The van der Waals surface area contributed by atoms with Crippen molar-refractivity contribution in [2.24, 2.45) is 11.8 Å². The Morgan fingerprint density at radius 1 is 1.45 bits per heavy atom. The van der Waals surface area contributed by atoms with Crippen molar-refractivity contribution in [2.75, 3.05) is 19.6 Å². The second-order valence-corrected chi connectivity index (χ2v) is 6.13. The lowest BCUT2D eigenvalue weighted by atomic mass is 9.92. The Bertz CT molecular complexity index is 493. The lowest BCUT2D eigenvalue weighted by Crippen LogP contribution is -2.37. The van der Waals surface area contributed by atoms with E-state index < -0.39 is 0 Å². The molecule has 0 aromatic heterocycles. The van der Waals surface area contributed by atoms with Crippen molar-refractivity contribution >= 4 is 0 Å². The maximum Gasteiger partial charge on any atom is 0.123 e. The zero-order valence-corrected chi connectivity index (χ0v) is 12.1. The van der Waals surface area contributed by atoms with Crippen LogP contribution < -0.4 is 5.32 Å². The molecule has 2 aliphatic heterocycles. The number of rotatable bonds is 3. The lowest BCUT2D eigenvalue weighted by Gasteiger charge is -2.33. The predicted octanol–water partition coefficient (Wildman–Crippen LogP) is 2.52. The van der Waals surface area contributed by atoms with Gasteiger partial charge in [0.25, 0.3) is 0 Å². The zero-order valence-electron chi connectivity index (χ0n) is 12.1. The summed E-state index contributed by atoms with van der Waals surface area (Å²) >= 11 is 0. The van der Waals surface area contributed by atoms with E-state index in [0.717, 1.165) is 26.1 Å². The van der Waals surface area contributed by atoms with E-state index in [-0.39, 0.29) is 17.6 Å². The third-order valence-corrected chi connectivity index (χ3v) is 5.11. The van der Waals surface area contributed by atoms with Crippen LogP contribution >= 0.6 is 0 Å². The van der Waals surface area contributed by atoms with Crippen LogP contribution in [0, 0.1) is 17.7 Å². The average molecular weight is 278 g/mol. The Hall–Kier alpha value is -1.13. The van der Waals surface area contributed by atoms with Crippen LogP contribution in [0.2, 0.25) is 0 Å². The minimum atomic E-state index is -0.279. The molecule has 2 aliphatic rings. The van der Waals surface area contributed by atoms with Crippen LogP contribution in [-0.4, -0.2) is 35.7 Å². The van der Waals surface area contributed by atoms with Gasteiger partial charge in [-0.15, -0.1) is 0 Å². The van der Waals surface area contributed by atoms with Crippen molar-refractivity contribution < 1.29 is 9.50 Å². The number of nitrogens with one attached hydrogen (secondary N) is 1. The first-order chi connectivity index (χ1) is 9.61. The van der Waals surface area contributed by atoms with E-state index in [2.05, 4.69) is 24.1 Å². The molecule has 0 aliphatic carbocycles. The number of hydrogen-bond acceptors (Lipinski definition) is 3. The fraction of sp³-hybridized carbons (Fsp3) is 0.625. The lowest BCUT2D eigenvalue weighted by molar-refractivity contribution is 0.163. The molecule has 4 unspecified atom stereocenters. The highest BCUT2D eigenvalue weighted by Crippen LogP contribution is 2.41. The van der Waals surface area contributed by atoms with Gasteiger partial charge < -0.3 is 10.4 Å². The smallest absolute Gasteiger partial charge is 0.123 e. The number of nitrogens with zero attached hydrogens (tertiary/aromatic N) is 1. The molecule has 110 valence electrons. The van der Waals surface area contributed by atoms with Crippen molar-refractivity contribution in [3.63, 3.8) is 0 Å². The molecule has 4 heteroatoms. The zero-order chi connectivity index (χ0) is 14.3. The van der Waals surface area contributed by atoms with Gasteiger partial charge in [-0.1, -0.05) is 6.92 Å². The topological polar surface area (TPSA) is 35.5 Å². The number of phenols is 1. The molecule has 1 aromatic rings. The van der Waals surface area contributed by atoms with Crippen LogP contribution in [0.15, 0.2) is 18.2 Å². The highest BCUT2D eigenvalue weighted by molar-refractivity contribution is 5.35. The molecule has 2 N–H and O–H groups in total. The SMILES string of the molecule is CCC1C2CNCC2CN1C(C)c1cc(F)ccc1O. The average Bonchev–Trinajstić information content (AvgIpc) is 3.00. The van der Waals surface area contributed by atoms with E-state index in [9.17, 15) is 9.50 Å². The van der Waals surface area contributed by atoms with E-state index in [1.54, 1.807) is 0 Å². The number of likely N-dealkylation sites (tertiary alicyclic amines) is 1. The maximum absolute atomic E-state index is 13.5. The molecule has 0 amide bonds. The summed E-state index contributed by atoms with van der Waals surface area (Å²) in [5, 5.41) is 13.5. The van der Waals surface area contributed by atoms with Crippen molar-refractivity contribution in [1.82, 2.24) is 10.2 Å². The van der Waals surface area contributed by atoms with Crippen LogP contribution in [0.3, 0.4) is 0 Å². The summed E-state index contributed by atoms with van der Waals surface area (Å²) in [6.45, 7) is 7.50. The Morgan fingerprint density at radius 2 is 2.25 bits per heavy atom. The van der Waals surface area contributed by atoms with Crippen LogP contribution in [0.1, 0.15) is 31.9 Å². The third-order valence-electron chi connectivity index (χ3n) is 5.11. The summed E-state index contributed by atoms with van der Waals surface area (Å²) in [5.74, 6) is 1.30. The van der Waals surface area contributed by atoms with E-state index in [1.807, 2.05) is 0 Å². The van der Waals surface area contributed by atoms with Crippen molar-refractivity contribution in [2.45, 2.75) is 32.4 Å².